The van der Waals surface area contributed by atoms with E-state index < -0.39 is 6.10 Å². The van der Waals surface area contributed by atoms with Crippen molar-refractivity contribution in [1.82, 2.24) is 9.80 Å². The molecule has 160 valence electrons. The standard InChI is InChI=1S/C24H31N3O3/c1-19-3-8-24(29-2)21(15-19)16-26-11-13-27(14-12-26)17-22(28)18-30-23-6-4-20(5-7-23)9-10-25/h3-8,15,22,28H,9,11-14,16-18H2,1-2H3. The van der Waals surface area contributed by atoms with Crippen molar-refractivity contribution in [2.24, 2.45) is 0 Å². The summed E-state index contributed by atoms with van der Waals surface area (Å²) in [6.45, 7) is 7.63. The molecule has 1 unspecified atom stereocenters. The number of methoxy groups -OCH3 is 1. The molecule has 6 nitrogen and oxygen atoms in total. The second kappa shape index (κ2) is 11.0. The Bertz CT molecular complexity index is 840. The molecule has 0 amide bonds. The molecule has 0 bridgehead atoms. The van der Waals surface area contributed by atoms with E-state index in [2.05, 4.69) is 34.9 Å². The second-order valence-electron chi connectivity index (χ2n) is 7.84. The van der Waals surface area contributed by atoms with Gasteiger partial charge in [0, 0.05) is 44.8 Å². The van der Waals surface area contributed by atoms with Gasteiger partial charge in [-0.1, -0.05) is 29.8 Å². The minimum Gasteiger partial charge on any atom is -0.496 e. The van der Waals surface area contributed by atoms with Crippen molar-refractivity contribution in [2.45, 2.75) is 26.0 Å². The molecule has 1 N–H and O–H groups in total. The second-order valence-corrected chi connectivity index (χ2v) is 7.84. The zero-order chi connectivity index (χ0) is 21.3. The van der Waals surface area contributed by atoms with Crippen LogP contribution in [0.4, 0.5) is 0 Å². The Morgan fingerprint density at radius 1 is 1.07 bits per heavy atom. The Balaban J connectivity index is 1.40. The fraction of sp³-hybridized carbons (Fsp3) is 0.458. The predicted molar refractivity (Wildman–Crippen MR) is 117 cm³/mol. The fourth-order valence-corrected chi connectivity index (χ4v) is 3.74. The molecule has 0 aromatic heterocycles. The Morgan fingerprint density at radius 3 is 2.43 bits per heavy atom. The Morgan fingerprint density at radius 2 is 1.77 bits per heavy atom. The highest BCUT2D eigenvalue weighted by Crippen LogP contribution is 2.22. The van der Waals surface area contributed by atoms with Crippen molar-refractivity contribution in [3.63, 3.8) is 0 Å². The maximum atomic E-state index is 10.4. The minimum absolute atomic E-state index is 0.262. The van der Waals surface area contributed by atoms with Gasteiger partial charge in [-0.05, 0) is 30.7 Å². The lowest BCUT2D eigenvalue weighted by Crippen LogP contribution is -2.48. The van der Waals surface area contributed by atoms with Crippen LogP contribution in [0, 0.1) is 18.3 Å². The van der Waals surface area contributed by atoms with Crippen LogP contribution in [0.5, 0.6) is 11.5 Å². The summed E-state index contributed by atoms with van der Waals surface area (Å²) in [5, 5.41) is 19.1. The van der Waals surface area contributed by atoms with Gasteiger partial charge < -0.3 is 14.6 Å². The van der Waals surface area contributed by atoms with E-state index in [4.69, 9.17) is 14.7 Å². The summed E-state index contributed by atoms with van der Waals surface area (Å²) in [6, 6.07) is 15.9. The first kappa shape index (κ1) is 22.1. The summed E-state index contributed by atoms with van der Waals surface area (Å²) >= 11 is 0. The third-order valence-corrected chi connectivity index (χ3v) is 5.41. The first-order chi connectivity index (χ1) is 14.6. The molecule has 1 aliphatic heterocycles. The van der Waals surface area contributed by atoms with Crippen LogP contribution in [-0.2, 0) is 13.0 Å². The summed E-state index contributed by atoms with van der Waals surface area (Å²) < 4.78 is 11.2. The monoisotopic (exact) mass is 409 g/mol. The molecule has 1 aliphatic rings. The van der Waals surface area contributed by atoms with E-state index in [9.17, 15) is 5.11 Å². The molecule has 1 heterocycles. The van der Waals surface area contributed by atoms with Gasteiger partial charge in [-0.3, -0.25) is 9.80 Å². The van der Waals surface area contributed by atoms with Gasteiger partial charge in [-0.15, -0.1) is 0 Å². The minimum atomic E-state index is -0.535. The van der Waals surface area contributed by atoms with Crippen LogP contribution in [0.15, 0.2) is 42.5 Å². The van der Waals surface area contributed by atoms with Crippen LogP contribution in [0.25, 0.3) is 0 Å². The number of hydrogen-bond donors (Lipinski definition) is 1. The molecule has 2 aromatic carbocycles. The first-order valence-electron chi connectivity index (χ1n) is 10.4. The number of rotatable bonds is 9. The number of nitriles is 1. The van der Waals surface area contributed by atoms with E-state index in [1.165, 1.54) is 11.1 Å². The van der Waals surface area contributed by atoms with E-state index in [1.807, 2.05) is 30.3 Å². The number of ether oxygens (including phenoxy) is 2. The van der Waals surface area contributed by atoms with E-state index in [0.29, 0.717) is 18.7 Å². The van der Waals surface area contributed by atoms with Crippen LogP contribution < -0.4 is 9.47 Å². The molecule has 6 heteroatoms. The van der Waals surface area contributed by atoms with Crippen molar-refractivity contribution in [3.8, 4) is 17.6 Å². The van der Waals surface area contributed by atoms with Gasteiger partial charge >= 0.3 is 0 Å². The van der Waals surface area contributed by atoms with Crippen molar-refractivity contribution in [2.75, 3.05) is 46.4 Å². The number of aryl methyl sites for hydroxylation is 1. The summed E-state index contributed by atoms with van der Waals surface area (Å²) in [7, 11) is 1.72. The first-order valence-corrected chi connectivity index (χ1v) is 10.4. The third kappa shape index (κ3) is 6.46. The highest BCUT2D eigenvalue weighted by Gasteiger charge is 2.20. The van der Waals surface area contributed by atoms with Crippen LogP contribution in [0.1, 0.15) is 16.7 Å². The maximum absolute atomic E-state index is 10.4. The van der Waals surface area contributed by atoms with Crippen LogP contribution in [0.2, 0.25) is 0 Å². The van der Waals surface area contributed by atoms with E-state index >= 15 is 0 Å². The lowest BCUT2D eigenvalue weighted by Gasteiger charge is -2.35. The summed E-state index contributed by atoms with van der Waals surface area (Å²) in [5.41, 5.74) is 3.43. The van der Waals surface area contributed by atoms with E-state index in [0.717, 1.165) is 44.0 Å². The third-order valence-electron chi connectivity index (χ3n) is 5.41. The Kier molecular flexibility index (Phi) is 8.09. The normalized spacial score (nSPS) is 16.1. The average Bonchev–Trinajstić information content (AvgIpc) is 2.75. The summed E-state index contributed by atoms with van der Waals surface area (Å²) in [6.07, 6.45) is -0.141. The number of β-amino-alcohol motifs (C(OH)–C–C–N with tert-alkyl or cyclic N) is 1. The molecule has 0 spiro atoms. The Labute approximate surface area is 179 Å². The number of nitrogens with zero attached hydrogens (tertiary/aromatic N) is 3. The molecule has 1 fully saturated rings. The molecule has 1 saturated heterocycles. The molecule has 30 heavy (non-hydrogen) atoms. The summed E-state index contributed by atoms with van der Waals surface area (Å²) in [5.74, 6) is 1.66. The van der Waals surface area contributed by atoms with Crippen LogP contribution >= 0.6 is 0 Å². The fourth-order valence-electron chi connectivity index (χ4n) is 3.74. The quantitative estimate of drug-likeness (QED) is 0.687. The molecule has 0 saturated carbocycles. The highest BCUT2D eigenvalue weighted by molar-refractivity contribution is 5.36. The topological polar surface area (TPSA) is 69.0 Å². The molecular formula is C24H31N3O3. The average molecular weight is 410 g/mol. The largest absolute Gasteiger partial charge is 0.496 e. The zero-order valence-corrected chi connectivity index (χ0v) is 17.9. The Hall–Kier alpha value is -2.59. The van der Waals surface area contributed by atoms with Gasteiger partial charge in [0.2, 0.25) is 0 Å². The molecule has 2 aromatic rings. The van der Waals surface area contributed by atoms with Gasteiger partial charge in [-0.2, -0.15) is 5.26 Å². The van der Waals surface area contributed by atoms with Crippen molar-refractivity contribution in [1.29, 1.82) is 5.26 Å². The molecule has 3 rings (SSSR count). The van der Waals surface area contributed by atoms with Crippen LogP contribution in [-0.4, -0.2) is 67.5 Å². The van der Waals surface area contributed by atoms with Gasteiger partial charge in [-0.25, -0.2) is 0 Å². The number of hydrogen-bond acceptors (Lipinski definition) is 6. The maximum Gasteiger partial charge on any atom is 0.123 e. The number of benzene rings is 2. The van der Waals surface area contributed by atoms with E-state index in [1.54, 1.807) is 7.11 Å². The number of aliphatic hydroxyl groups excluding tert-OH is 1. The SMILES string of the molecule is COc1ccc(C)cc1CN1CCN(CC(O)COc2ccc(CC#N)cc2)CC1. The predicted octanol–water partition coefficient (Wildman–Crippen LogP) is 2.63. The van der Waals surface area contributed by atoms with Gasteiger partial charge in [0.15, 0.2) is 0 Å². The van der Waals surface area contributed by atoms with E-state index in [-0.39, 0.29) is 6.61 Å². The van der Waals surface area contributed by atoms with Gasteiger partial charge in [0.05, 0.1) is 19.6 Å². The van der Waals surface area contributed by atoms with Crippen molar-refractivity contribution in [3.05, 3.63) is 59.2 Å². The zero-order valence-electron chi connectivity index (χ0n) is 17.9. The number of piperazine rings is 1. The summed E-state index contributed by atoms with van der Waals surface area (Å²) in [4.78, 5) is 4.72. The lowest BCUT2D eigenvalue weighted by molar-refractivity contribution is 0.0445. The highest BCUT2D eigenvalue weighted by atomic mass is 16.5. The van der Waals surface area contributed by atoms with Crippen LogP contribution in [0.3, 0.4) is 0 Å². The smallest absolute Gasteiger partial charge is 0.123 e. The van der Waals surface area contributed by atoms with Crippen molar-refractivity contribution >= 4 is 0 Å². The van der Waals surface area contributed by atoms with Gasteiger partial charge in [0.1, 0.15) is 24.2 Å². The van der Waals surface area contributed by atoms with Crippen molar-refractivity contribution < 1.29 is 14.6 Å². The van der Waals surface area contributed by atoms with Gasteiger partial charge in [0.25, 0.3) is 0 Å². The molecule has 1 atom stereocenters. The molecule has 0 radical (unpaired) electrons. The molecular weight excluding hydrogens is 378 g/mol. The molecule has 0 aliphatic carbocycles. The lowest BCUT2D eigenvalue weighted by atomic mass is 10.1. The number of aliphatic hydroxyl groups is 1.